The van der Waals surface area contributed by atoms with Crippen LogP contribution in [0.3, 0.4) is 0 Å². The molecule has 7 heteroatoms. The van der Waals surface area contributed by atoms with Gasteiger partial charge in [0, 0.05) is 22.7 Å². The summed E-state index contributed by atoms with van der Waals surface area (Å²) in [5.74, 6) is -0.841. The van der Waals surface area contributed by atoms with Crippen LogP contribution in [0.1, 0.15) is 40.5 Å². The summed E-state index contributed by atoms with van der Waals surface area (Å²) in [5, 5.41) is 3.09. The van der Waals surface area contributed by atoms with E-state index in [0.717, 1.165) is 6.42 Å². The minimum atomic E-state index is -0.703. The van der Waals surface area contributed by atoms with Gasteiger partial charge in [-0.15, -0.1) is 0 Å². The maximum atomic E-state index is 12.2. The number of ether oxygens (including phenoxy) is 2. The van der Waals surface area contributed by atoms with E-state index in [1.54, 1.807) is 36.4 Å². The van der Waals surface area contributed by atoms with Gasteiger partial charge in [-0.3, -0.25) is 9.59 Å². The Morgan fingerprint density at radius 2 is 1.78 bits per heavy atom. The van der Waals surface area contributed by atoms with Gasteiger partial charge in [-0.1, -0.05) is 18.5 Å². The second-order valence-electron chi connectivity index (χ2n) is 5.72. The molecule has 2 rings (SSSR count). The molecule has 142 valence electrons. The number of amides is 1. The molecule has 6 nitrogen and oxygen atoms in total. The summed E-state index contributed by atoms with van der Waals surface area (Å²) in [4.78, 5) is 36.0. The molecule has 0 aliphatic heterocycles. The Bertz CT molecular complexity index is 833. The number of esters is 1. The molecular formula is C20H20ClNO5. The van der Waals surface area contributed by atoms with Crippen LogP contribution in [0.25, 0.3) is 0 Å². The van der Waals surface area contributed by atoms with E-state index in [4.69, 9.17) is 21.1 Å². The molecule has 0 heterocycles. The minimum absolute atomic E-state index is 0.0824. The molecule has 0 unspecified atom stereocenters. The van der Waals surface area contributed by atoms with Crippen molar-refractivity contribution in [3.63, 3.8) is 0 Å². The van der Waals surface area contributed by atoms with E-state index in [9.17, 15) is 14.4 Å². The van der Waals surface area contributed by atoms with E-state index in [1.165, 1.54) is 13.2 Å². The van der Waals surface area contributed by atoms with Crippen LogP contribution >= 0.6 is 11.6 Å². The van der Waals surface area contributed by atoms with Gasteiger partial charge in [0.25, 0.3) is 0 Å². The van der Waals surface area contributed by atoms with Crippen molar-refractivity contribution >= 4 is 34.9 Å². The van der Waals surface area contributed by atoms with Gasteiger partial charge in [0.2, 0.25) is 5.91 Å². The summed E-state index contributed by atoms with van der Waals surface area (Å²) in [7, 11) is 1.42. The number of anilines is 1. The molecule has 0 saturated carbocycles. The summed E-state index contributed by atoms with van der Waals surface area (Å²) in [6.45, 7) is 1.50. The van der Waals surface area contributed by atoms with Crippen molar-refractivity contribution in [1.82, 2.24) is 0 Å². The molecule has 0 radical (unpaired) electrons. The lowest BCUT2D eigenvalue weighted by atomic mass is 10.1. The number of carbonyl (C=O) groups excluding carboxylic acids is 3. The summed E-state index contributed by atoms with van der Waals surface area (Å²) in [5.41, 5.74) is 1.12. The van der Waals surface area contributed by atoms with Gasteiger partial charge < -0.3 is 14.8 Å². The summed E-state index contributed by atoms with van der Waals surface area (Å²) >= 11 is 5.89. The van der Waals surface area contributed by atoms with Gasteiger partial charge in [-0.25, -0.2) is 4.79 Å². The largest absolute Gasteiger partial charge is 0.496 e. The molecule has 0 aromatic heterocycles. The van der Waals surface area contributed by atoms with Crippen molar-refractivity contribution in [2.24, 2.45) is 0 Å². The molecule has 1 N–H and O–H groups in total. The van der Waals surface area contributed by atoms with Crippen LogP contribution < -0.4 is 10.1 Å². The first kappa shape index (κ1) is 20.5. The first-order chi connectivity index (χ1) is 12.9. The minimum Gasteiger partial charge on any atom is -0.496 e. The van der Waals surface area contributed by atoms with Crippen LogP contribution in [0.15, 0.2) is 42.5 Å². The third kappa shape index (κ3) is 5.82. The number of Topliss-reactive ketones (excluding diaryl/α,β-unsaturated/α-hetero) is 1. The fraction of sp³-hybridized carbons (Fsp3) is 0.250. The number of hydrogen-bond donors (Lipinski definition) is 1. The van der Waals surface area contributed by atoms with E-state index in [0.29, 0.717) is 28.4 Å². The lowest BCUT2D eigenvalue weighted by Crippen LogP contribution is -2.15. The zero-order chi connectivity index (χ0) is 19.8. The van der Waals surface area contributed by atoms with Gasteiger partial charge in [-0.2, -0.15) is 0 Å². The number of carbonyl (C=O) groups is 3. The van der Waals surface area contributed by atoms with Crippen LogP contribution in [0.2, 0.25) is 5.02 Å². The maximum absolute atomic E-state index is 12.2. The van der Waals surface area contributed by atoms with Crippen LogP contribution in [0, 0.1) is 0 Å². The molecule has 2 aromatic rings. The topological polar surface area (TPSA) is 81.7 Å². The van der Waals surface area contributed by atoms with E-state index in [-0.39, 0.29) is 17.3 Å². The van der Waals surface area contributed by atoms with Crippen molar-refractivity contribution in [2.45, 2.75) is 19.8 Å². The fourth-order valence-corrected chi connectivity index (χ4v) is 2.49. The Morgan fingerprint density at radius 3 is 2.41 bits per heavy atom. The third-order valence-electron chi connectivity index (χ3n) is 3.68. The molecule has 0 aliphatic rings. The summed E-state index contributed by atoms with van der Waals surface area (Å²) < 4.78 is 10.2. The van der Waals surface area contributed by atoms with Crippen LogP contribution in [0.4, 0.5) is 5.69 Å². The quantitative estimate of drug-likeness (QED) is 0.542. The van der Waals surface area contributed by atoms with Crippen molar-refractivity contribution in [1.29, 1.82) is 0 Å². The Balaban J connectivity index is 1.96. The standard InChI is InChI=1S/C20H20ClNO5/c1-3-4-19(24)22-15-8-5-13(6-9-15)17(23)12-27-20(25)16-11-14(21)7-10-18(16)26-2/h5-11H,3-4,12H2,1-2H3,(H,22,24). The average molecular weight is 390 g/mol. The highest BCUT2D eigenvalue weighted by molar-refractivity contribution is 6.31. The zero-order valence-electron chi connectivity index (χ0n) is 15.1. The first-order valence-electron chi connectivity index (χ1n) is 8.38. The van der Waals surface area contributed by atoms with Crippen molar-refractivity contribution in [2.75, 3.05) is 19.0 Å². The first-order valence-corrected chi connectivity index (χ1v) is 8.76. The van der Waals surface area contributed by atoms with Gasteiger partial charge in [0.05, 0.1) is 7.11 Å². The molecule has 0 saturated heterocycles. The number of benzene rings is 2. The summed E-state index contributed by atoms with van der Waals surface area (Å²) in [6, 6.07) is 10.9. The molecule has 27 heavy (non-hydrogen) atoms. The molecule has 0 aliphatic carbocycles. The monoisotopic (exact) mass is 389 g/mol. The normalized spacial score (nSPS) is 10.2. The smallest absolute Gasteiger partial charge is 0.342 e. The number of methoxy groups -OCH3 is 1. The molecule has 0 spiro atoms. The SMILES string of the molecule is CCCC(=O)Nc1ccc(C(=O)COC(=O)c2cc(Cl)ccc2OC)cc1. The molecule has 0 bridgehead atoms. The van der Waals surface area contributed by atoms with Gasteiger partial charge in [-0.05, 0) is 48.9 Å². The zero-order valence-corrected chi connectivity index (χ0v) is 15.8. The predicted molar refractivity (Wildman–Crippen MR) is 103 cm³/mol. The van der Waals surface area contributed by atoms with Crippen molar-refractivity contribution < 1.29 is 23.9 Å². The number of rotatable bonds is 8. The molecule has 2 aromatic carbocycles. The van der Waals surface area contributed by atoms with E-state index in [1.807, 2.05) is 6.92 Å². The Hall–Kier alpha value is -2.86. The van der Waals surface area contributed by atoms with E-state index >= 15 is 0 Å². The number of hydrogen-bond acceptors (Lipinski definition) is 5. The van der Waals surface area contributed by atoms with Gasteiger partial charge in [0.15, 0.2) is 12.4 Å². The van der Waals surface area contributed by atoms with Crippen LogP contribution in [-0.4, -0.2) is 31.4 Å². The second kappa shape index (κ2) is 9.73. The van der Waals surface area contributed by atoms with Crippen molar-refractivity contribution in [3.8, 4) is 5.75 Å². The Labute approximate surface area is 162 Å². The van der Waals surface area contributed by atoms with Crippen molar-refractivity contribution in [3.05, 3.63) is 58.6 Å². The lowest BCUT2D eigenvalue weighted by molar-refractivity contribution is -0.116. The predicted octanol–water partition coefficient (Wildman–Crippen LogP) is 4.13. The van der Waals surface area contributed by atoms with Gasteiger partial charge >= 0.3 is 5.97 Å². The molecular weight excluding hydrogens is 370 g/mol. The lowest BCUT2D eigenvalue weighted by Gasteiger charge is -2.09. The fourth-order valence-electron chi connectivity index (χ4n) is 2.32. The second-order valence-corrected chi connectivity index (χ2v) is 6.16. The van der Waals surface area contributed by atoms with Crippen LogP contribution in [0.5, 0.6) is 5.75 Å². The molecule has 0 fully saturated rings. The highest BCUT2D eigenvalue weighted by Gasteiger charge is 2.16. The molecule has 1 amide bonds. The number of halogens is 1. The van der Waals surface area contributed by atoms with E-state index < -0.39 is 12.6 Å². The number of ketones is 1. The average Bonchev–Trinajstić information content (AvgIpc) is 2.66. The number of nitrogens with one attached hydrogen (secondary N) is 1. The highest BCUT2D eigenvalue weighted by atomic mass is 35.5. The van der Waals surface area contributed by atoms with E-state index in [2.05, 4.69) is 5.32 Å². The Morgan fingerprint density at radius 1 is 1.07 bits per heavy atom. The highest BCUT2D eigenvalue weighted by Crippen LogP contribution is 2.23. The summed E-state index contributed by atoms with van der Waals surface area (Å²) in [6.07, 6.45) is 1.19. The third-order valence-corrected chi connectivity index (χ3v) is 3.92. The Kier molecular flexibility index (Phi) is 7.37. The maximum Gasteiger partial charge on any atom is 0.342 e. The van der Waals surface area contributed by atoms with Crippen LogP contribution in [-0.2, 0) is 9.53 Å². The van der Waals surface area contributed by atoms with Gasteiger partial charge in [0.1, 0.15) is 11.3 Å². The molecule has 0 atom stereocenters.